The summed E-state index contributed by atoms with van der Waals surface area (Å²) in [5.74, 6) is -1.79. The van der Waals surface area contributed by atoms with Crippen molar-refractivity contribution in [2.75, 3.05) is 13.2 Å². The number of H-pyrrole nitrogens is 1. The van der Waals surface area contributed by atoms with E-state index in [0.29, 0.717) is 10.9 Å². The minimum atomic E-state index is -1.47. The molecule has 128 valence electrons. The van der Waals surface area contributed by atoms with Crippen LogP contribution in [0.5, 0.6) is 0 Å². The van der Waals surface area contributed by atoms with Gasteiger partial charge in [-0.3, -0.25) is 9.59 Å². The zero-order valence-electron chi connectivity index (χ0n) is 13.0. The number of aliphatic carboxylic acids is 1. The molecular formula is C16H14N4O5. The van der Waals surface area contributed by atoms with Crippen molar-refractivity contribution in [3.05, 3.63) is 46.4 Å². The number of rotatable bonds is 3. The van der Waals surface area contributed by atoms with Crippen LogP contribution in [0, 0.1) is 0 Å². The largest absolute Gasteiger partial charge is 0.479 e. The van der Waals surface area contributed by atoms with Crippen molar-refractivity contribution in [3.63, 3.8) is 0 Å². The normalized spacial score (nSPS) is 20.2. The maximum absolute atomic E-state index is 12.6. The molecule has 1 aliphatic heterocycles. The first kappa shape index (κ1) is 15.3. The molecule has 1 amide bonds. The van der Waals surface area contributed by atoms with Crippen molar-refractivity contribution in [3.8, 4) is 0 Å². The Morgan fingerprint density at radius 2 is 2.16 bits per heavy atom. The smallest absolute Gasteiger partial charge is 0.331 e. The van der Waals surface area contributed by atoms with E-state index < -0.39 is 17.4 Å². The number of hydrogen-bond donors (Lipinski definition) is 3. The molecule has 1 fully saturated rings. The fourth-order valence-corrected chi connectivity index (χ4v) is 3.01. The molecule has 2 aromatic heterocycles. The lowest BCUT2D eigenvalue weighted by Crippen LogP contribution is -2.55. The number of nitrogens with one attached hydrogen (secondary N) is 2. The maximum Gasteiger partial charge on any atom is 0.331 e. The van der Waals surface area contributed by atoms with E-state index in [0.717, 1.165) is 0 Å². The number of fused-ring (bicyclic) bond motifs is 3. The molecule has 1 saturated heterocycles. The third kappa shape index (κ3) is 2.28. The van der Waals surface area contributed by atoms with Gasteiger partial charge in [0.25, 0.3) is 11.5 Å². The van der Waals surface area contributed by atoms with Crippen LogP contribution in [0.1, 0.15) is 16.8 Å². The average Bonchev–Trinajstić information content (AvgIpc) is 3.23. The molecule has 4 rings (SSSR count). The summed E-state index contributed by atoms with van der Waals surface area (Å²) in [4.78, 5) is 39.0. The Morgan fingerprint density at radius 1 is 1.36 bits per heavy atom. The van der Waals surface area contributed by atoms with Gasteiger partial charge in [0.2, 0.25) is 0 Å². The Kier molecular flexibility index (Phi) is 3.32. The number of amides is 1. The number of carboxylic acids is 1. The highest BCUT2D eigenvalue weighted by atomic mass is 16.5. The predicted octanol–water partition coefficient (Wildman–Crippen LogP) is 0.149. The fourth-order valence-electron chi connectivity index (χ4n) is 3.01. The summed E-state index contributed by atoms with van der Waals surface area (Å²) in [6, 6.07) is 6.87. The Morgan fingerprint density at radius 3 is 2.88 bits per heavy atom. The summed E-state index contributed by atoms with van der Waals surface area (Å²) in [7, 11) is 0. The monoisotopic (exact) mass is 342 g/mol. The van der Waals surface area contributed by atoms with Crippen LogP contribution in [0.25, 0.3) is 16.6 Å². The van der Waals surface area contributed by atoms with Crippen molar-refractivity contribution in [1.82, 2.24) is 19.9 Å². The quantitative estimate of drug-likeness (QED) is 0.622. The highest BCUT2D eigenvalue weighted by molar-refractivity contribution is 6.03. The molecule has 0 bridgehead atoms. The van der Waals surface area contributed by atoms with Crippen LogP contribution in [0.4, 0.5) is 0 Å². The van der Waals surface area contributed by atoms with Gasteiger partial charge in [-0.2, -0.15) is 5.10 Å². The van der Waals surface area contributed by atoms with Gasteiger partial charge >= 0.3 is 5.97 Å². The van der Waals surface area contributed by atoms with Crippen LogP contribution >= 0.6 is 0 Å². The number of para-hydroxylation sites is 1. The molecule has 9 nitrogen and oxygen atoms in total. The average molecular weight is 342 g/mol. The molecule has 1 unspecified atom stereocenters. The topological polar surface area (TPSA) is 126 Å². The van der Waals surface area contributed by atoms with E-state index in [4.69, 9.17) is 4.74 Å². The lowest BCUT2D eigenvalue weighted by molar-refractivity contribution is -0.144. The zero-order valence-corrected chi connectivity index (χ0v) is 13.0. The minimum Gasteiger partial charge on any atom is -0.479 e. The maximum atomic E-state index is 12.6. The molecule has 25 heavy (non-hydrogen) atoms. The number of hydrogen-bond acceptors (Lipinski definition) is 5. The van der Waals surface area contributed by atoms with Crippen LogP contribution in [-0.2, 0) is 9.53 Å². The second-order valence-corrected chi connectivity index (χ2v) is 5.93. The van der Waals surface area contributed by atoms with Crippen molar-refractivity contribution in [1.29, 1.82) is 0 Å². The van der Waals surface area contributed by atoms with Gasteiger partial charge in [-0.1, -0.05) is 12.1 Å². The van der Waals surface area contributed by atoms with E-state index in [9.17, 15) is 19.5 Å². The molecule has 3 heterocycles. The molecule has 9 heteroatoms. The number of benzene rings is 1. The summed E-state index contributed by atoms with van der Waals surface area (Å²) in [6.07, 6.45) is 1.48. The Balaban J connectivity index is 1.81. The van der Waals surface area contributed by atoms with Crippen molar-refractivity contribution in [2.24, 2.45) is 0 Å². The summed E-state index contributed by atoms with van der Waals surface area (Å²) >= 11 is 0. The Hall–Kier alpha value is -3.20. The van der Waals surface area contributed by atoms with E-state index in [1.165, 1.54) is 10.7 Å². The SMILES string of the molecule is O=C(NC1(C(=O)O)CCOC1)c1cnn2c1[nH]c(=O)c1ccccc12. The standard InChI is InChI=1S/C16H14N4O5/c21-13-9-3-1-2-4-11(9)20-12(18-13)10(7-17-20)14(22)19-16(15(23)24)5-6-25-8-16/h1-4,7H,5-6,8H2,(H,18,21)(H,19,22)(H,23,24). The molecule has 1 aliphatic rings. The molecule has 0 saturated carbocycles. The van der Waals surface area contributed by atoms with Crippen LogP contribution in [0.3, 0.4) is 0 Å². The fraction of sp³-hybridized carbons (Fsp3) is 0.250. The number of nitrogens with zero attached hydrogens (tertiary/aromatic N) is 2. The molecule has 0 radical (unpaired) electrons. The summed E-state index contributed by atoms with van der Waals surface area (Å²) in [6.45, 7) is 0.148. The Bertz CT molecular complexity index is 1060. The summed E-state index contributed by atoms with van der Waals surface area (Å²) < 4.78 is 6.58. The zero-order chi connectivity index (χ0) is 17.6. The predicted molar refractivity (Wildman–Crippen MR) is 86.6 cm³/mol. The minimum absolute atomic E-state index is 0.0929. The van der Waals surface area contributed by atoms with Gasteiger partial charge in [0.1, 0.15) is 11.2 Å². The third-order valence-corrected chi connectivity index (χ3v) is 4.41. The van der Waals surface area contributed by atoms with E-state index in [1.54, 1.807) is 24.3 Å². The first-order valence-electron chi connectivity index (χ1n) is 7.64. The van der Waals surface area contributed by atoms with Crippen molar-refractivity contribution >= 4 is 28.4 Å². The van der Waals surface area contributed by atoms with Gasteiger partial charge in [-0.25, -0.2) is 9.31 Å². The van der Waals surface area contributed by atoms with Gasteiger partial charge < -0.3 is 20.1 Å². The summed E-state index contributed by atoms with van der Waals surface area (Å²) in [5.41, 5.74) is -0.967. The highest BCUT2D eigenvalue weighted by Gasteiger charge is 2.44. The molecule has 1 aromatic carbocycles. The van der Waals surface area contributed by atoms with E-state index >= 15 is 0 Å². The van der Waals surface area contributed by atoms with Crippen LogP contribution in [-0.4, -0.2) is 50.3 Å². The van der Waals surface area contributed by atoms with E-state index in [-0.39, 0.29) is 36.4 Å². The second-order valence-electron chi connectivity index (χ2n) is 5.93. The first-order chi connectivity index (χ1) is 12.0. The number of carbonyl (C=O) groups is 2. The van der Waals surface area contributed by atoms with Crippen molar-refractivity contribution < 1.29 is 19.4 Å². The summed E-state index contributed by atoms with van der Waals surface area (Å²) in [5, 5.41) is 16.5. The molecule has 0 aliphatic carbocycles. The van der Waals surface area contributed by atoms with Gasteiger partial charge in [0.05, 0.1) is 23.7 Å². The van der Waals surface area contributed by atoms with Gasteiger partial charge in [0.15, 0.2) is 5.54 Å². The third-order valence-electron chi connectivity index (χ3n) is 4.41. The Labute approximate surface area is 140 Å². The van der Waals surface area contributed by atoms with Gasteiger partial charge in [-0.05, 0) is 12.1 Å². The molecular weight excluding hydrogens is 328 g/mol. The van der Waals surface area contributed by atoms with E-state index in [2.05, 4.69) is 15.4 Å². The van der Waals surface area contributed by atoms with Crippen LogP contribution in [0.15, 0.2) is 35.3 Å². The number of carbonyl (C=O) groups excluding carboxylic acids is 1. The second kappa shape index (κ2) is 5.42. The number of aromatic amines is 1. The number of carboxylic acid groups (broad SMARTS) is 1. The molecule has 1 atom stereocenters. The first-order valence-corrected chi connectivity index (χ1v) is 7.64. The van der Waals surface area contributed by atoms with Gasteiger partial charge in [-0.15, -0.1) is 0 Å². The van der Waals surface area contributed by atoms with Crippen LogP contribution in [0.2, 0.25) is 0 Å². The van der Waals surface area contributed by atoms with Crippen molar-refractivity contribution in [2.45, 2.75) is 12.0 Å². The highest BCUT2D eigenvalue weighted by Crippen LogP contribution is 2.21. The molecule has 0 spiro atoms. The van der Waals surface area contributed by atoms with Crippen LogP contribution < -0.4 is 10.9 Å². The van der Waals surface area contributed by atoms with Gasteiger partial charge in [0, 0.05) is 13.0 Å². The molecule has 3 aromatic rings. The lowest BCUT2D eigenvalue weighted by atomic mass is 9.98. The van der Waals surface area contributed by atoms with E-state index in [1.807, 2.05) is 0 Å². The number of aromatic nitrogens is 3. The number of ether oxygens (including phenoxy) is 1. The lowest BCUT2D eigenvalue weighted by Gasteiger charge is -2.23. The molecule has 3 N–H and O–H groups in total.